The van der Waals surface area contributed by atoms with E-state index in [-0.39, 0.29) is 5.82 Å². The summed E-state index contributed by atoms with van der Waals surface area (Å²) >= 11 is 2.20. The summed E-state index contributed by atoms with van der Waals surface area (Å²) in [5, 5.41) is 0.817. The molecule has 2 nitrogen and oxygen atoms in total. The predicted octanol–water partition coefficient (Wildman–Crippen LogP) is 4.58. The van der Waals surface area contributed by atoms with Crippen LogP contribution < -0.4 is 0 Å². The molecule has 0 saturated heterocycles. The molecule has 0 saturated carbocycles. The summed E-state index contributed by atoms with van der Waals surface area (Å²) in [6, 6.07) is 11.8. The zero-order valence-corrected chi connectivity index (χ0v) is 13.5. The van der Waals surface area contributed by atoms with Crippen molar-refractivity contribution in [1.29, 1.82) is 0 Å². The lowest BCUT2D eigenvalue weighted by Gasteiger charge is -2.00. The van der Waals surface area contributed by atoms with Crippen molar-refractivity contribution in [2.75, 3.05) is 6.26 Å². The van der Waals surface area contributed by atoms with Crippen molar-refractivity contribution >= 4 is 44.4 Å². The maximum absolute atomic E-state index is 13.4. The summed E-state index contributed by atoms with van der Waals surface area (Å²) in [6.45, 7) is 0. The molecule has 1 atom stereocenters. The van der Waals surface area contributed by atoms with Crippen molar-refractivity contribution in [2.45, 2.75) is 4.90 Å². The fraction of sp³-hybridized carbons (Fsp3) is 0.0667. The molecule has 20 heavy (non-hydrogen) atoms. The van der Waals surface area contributed by atoms with Crippen LogP contribution in [0.2, 0.25) is 0 Å². The Morgan fingerprint density at radius 3 is 2.70 bits per heavy atom. The molecular weight excluding hydrogens is 390 g/mol. The first-order valence-corrected chi connectivity index (χ1v) is 8.51. The van der Waals surface area contributed by atoms with E-state index in [1.165, 1.54) is 12.1 Å². The van der Waals surface area contributed by atoms with Crippen LogP contribution in [0.15, 0.2) is 51.8 Å². The van der Waals surface area contributed by atoms with Crippen molar-refractivity contribution in [3.8, 4) is 11.3 Å². The first-order valence-electron chi connectivity index (χ1n) is 5.87. The summed E-state index contributed by atoms with van der Waals surface area (Å²) in [5.41, 5.74) is 1.26. The third-order valence-corrected chi connectivity index (χ3v) is 4.63. The van der Waals surface area contributed by atoms with E-state index in [0.29, 0.717) is 21.8 Å². The summed E-state index contributed by atoms with van der Waals surface area (Å²) in [7, 11) is -1.22. The van der Waals surface area contributed by atoms with Gasteiger partial charge in [-0.05, 0) is 52.9 Å². The molecule has 0 unspecified atom stereocenters. The van der Waals surface area contributed by atoms with E-state index in [9.17, 15) is 8.60 Å². The molecule has 2 aromatic carbocycles. The quantitative estimate of drug-likeness (QED) is 0.590. The molecule has 5 heteroatoms. The van der Waals surface area contributed by atoms with Crippen LogP contribution in [0, 0.1) is 9.39 Å². The SMILES string of the molecule is C[S@](=O)c1c(-c2cccc(F)c2)oc2ccc(I)cc12. The zero-order valence-electron chi connectivity index (χ0n) is 10.5. The van der Waals surface area contributed by atoms with Crippen molar-refractivity contribution in [2.24, 2.45) is 0 Å². The molecule has 0 amide bonds. The van der Waals surface area contributed by atoms with Gasteiger partial charge in [0.25, 0.3) is 0 Å². The van der Waals surface area contributed by atoms with Crippen LogP contribution in [0.1, 0.15) is 0 Å². The topological polar surface area (TPSA) is 30.2 Å². The van der Waals surface area contributed by atoms with Crippen LogP contribution in [0.3, 0.4) is 0 Å². The van der Waals surface area contributed by atoms with E-state index in [1.807, 2.05) is 18.2 Å². The van der Waals surface area contributed by atoms with E-state index in [2.05, 4.69) is 22.6 Å². The molecule has 0 aliphatic rings. The van der Waals surface area contributed by atoms with Gasteiger partial charge in [0.2, 0.25) is 0 Å². The monoisotopic (exact) mass is 400 g/mol. The molecule has 0 bridgehead atoms. The molecule has 3 rings (SSSR count). The van der Waals surface area contributed by atoms with Gasteiger partial charge in [-0.25, -0.2) is 4.39 Å². The maximum Gasteiger partial charge on any atom is 0.151 e. The van der Waals surface area contributed by atoms with Gasteiger partial charge in [0.1, 0.15) is 11.4 Å². The van der Waals surface area contributed by atoms with Crippen molar-refractivity contribution in [3.63, 3.8) is 0 Å². The molecule has 0 N–H and O–H groups in total. The Labute approximate surface area is 131 Å². The standard InChI is InChI=1S/C15H10FIO2S/c1-20(18)15-12-8-11(17)5-6-13(12)19-14(15)9-3-2-4-10(16)7-9/h2-8H,1H3/t20-/m0/s1. The number of furan rings is 1. The van der Waals surface area contributed by atoms with E-state index < -0.39 is 10.8 Å². The molecule has 0 fully saturated rings. The second kappa shape index (κ2) is 5.29. The Kier molecular flexibility index (Phi) is 3.64. The largest absolute Gasteiger partial charge is 0.455 e. The minimum Gasteiger partial charge on any atom is -0.455 e. The average molecular weight is 400 g/mol. The maximum atomic E-state index is 13.4. The van der Waals surface area contributed by atoms with E-state index >= 15 is 0 Å². The van der Waals surface area contributed by atoms with Gasteiger partial charge < -0.3 is 4.42 Å². The first kappa shape index (κ1) is 13.8. The van der Waals surface area contributed by atoms with Gasteiger partial charge in [0.05, 0.1) is 15.7 Å². The number of benzene rings is 2. The van der Waals surface area contributed by atoms with Crippen LogP contribution in [-0.4, -0.2) is 10.5 Å². The Morgan fingerprint density at radius 2 is 2.00 bits per heavy atom. The second-order valence-electron chi connectivity index (χ2n) is 4.37. The molecule has 0 aliphatic heterocycles. The highest BCUT2D eigenvalue weighted by molar-refractivity contribution is 14.1. The highest BCUT2D eigenvalue weighted by Crippen LogP contribution is 2.36. The minimum absolute atomic E-state index is 0.342. The van der Waals surface area contributed by atoms with E-state index in [0.717, 1.165) is 8.96 Å². The van der Waals surface area contributed by atoms with Gasteiger partial charge in [-0.15, -0.1) is 0 Å². The van der Waals surface area contributed by atoms with Crippen LogP contribution in [0.25, 0.3) is 22.3 Å². The van der Waals surface area contributed by atoms with Gasteiger partial charge in [-0.1, -0.05) is 12.1 Å². The number of hydrogen-bond donors (Lipinski definition) is 0. The lowest BCUT2D eigenvalue weighted by molar-refractivity contribution is 0.613. The Bertz CT molecular complexity index is 826. The van der Waals surface area contributed by atoms with E-state index in [4.69, 9.17) is 4.42 Å². The second-order valence-corrected chi connectivity index (χ2v) is 6.93. The smallest absolute Gasteiger partial charge is 0.151 e. The average Bonchev–Trinajstić information content (AvgIpc) is 2.77. The third kappa shape index (κ3) is 2.40. The number of fused-ring (bicyclic) bond motifs is 1. The fourth-order valence-electron chi connectivity index (χ4n) is 2.15. The zero-order chi connectivity index (χ0) is 14.3. The Balaban J connectivity index is 2.35. The molecular formula is C15H10FIO2S. The predicted molar refractivity (Wildman–Crippen MR) is 86.7 cm³/mol. The summed E-state index contributed by atoms with van der Waals surface area (Å²) in [5.74, 6) is 0.132. The third-order valence-electron chi connectivity index (χ3n) is 2.98. The van der Waals surface area contributed by atoms with Crippen LogP contribution >= 0.6 is 22.6 Å². The summed E-state index contributed by atoms with van der Waals surface area (Å²) in [6.07, 6.45) is 1.60. The molecule has 1 heterocycles. The first-order chi connectivity index (χ1) is 9.56. The van der Waals surface area contributed by atoms with Crippen LogP contribution in [0.4, 0.5) is 4.39 Å². The van der Waals surface area contributed by atoms with Gasteiger partial charge in [0, 0.05) is 20.8 Å². The molecule has 102 valence electrons. The van der Waals surface area contributed by atoms with E-state index in [1.54, 1.807) is 18.4 Å². The summed E-state index contributed by atoms with van der Waals surface area (Å²) < 4.78 is 32.3. The minimum atomic E-state index is -1.22. The lowest BCUT2D eigenvalue weighted by Crippen LogP contribution is -1.89. The normalized spacial score (nSPS) is 12.8. The molecule has 1 aromatic heterocycles. The van der Waals surface area contributed by atoms with Crippen LogP contribution in [-0.2, 0) is 10.8 Å². The number of hydrogen-bond acceptors (Lipinski definition) is 2. The molecule has 3 aromatic rings. The fourth-order valence-corrected chi connectivity index (χ4v) is 3.53. The Morgan fingerprint density at radius 1 is 1.20 bits per heavy atom. The van der Waals surface area contributed by atoms with Gasteiger partial charge in [0.15, 0.2) is 5.76 Å². The van der Waals surface area contributed by atoms with Gasteiger partial charge in [-0.2, -0.15) is 0 Å². The highest BCUT2D eigenvalue weighted by Gasteiger charge is 2.19. The van der Waals surface area contributed by atoms with Crippen molar-refractivity contribution in [1.82, 2.24) is 0 Å². The van der Waals surface area contributed by atoms with Crippen LogP contribution in [0.5, 0.6) is 0 Å². The number of rotatable bonds is 2. The Hall–Kier alpha value is -1.21. The van der Waals surface area contributed by atoms with Crippen molar-refractivity contribution < 1.29 is 13.0 Å². The number of halogens is 2. The lowest BCUT2D eigenvalue weighted by atomic mass is 10.1. The summed E-state index contributed by atoms with van der Waals surface area (Å²) in [4.78, 5) is 0.615. The molecule has 0 spiro atoms. The van der Waals surface area contributed by atoms with Gasteiger partial charge in [-0.3, -0.25) is 4.21 Å². The molecule has 0 aliphatic carbocycles. The van der Waals surface area contributed by atoms with Gasteiger partial charge >= 0.3 is 0 Å². The molecule has 0 radical (unpaired) electrons. The highest BCUT2D eigenvalue weighted by atomic mass is 127. The van der Waals surface area contributed by atoms with Crippen molar-refractivity contribution in [3.05, 3.63) is 51.9 Å².